The van der Waals surface area contributed by atoms with Gasteiger partial charge in [0, 0.05) is 12.3 Å². The van der Waals surface area contributed by atoms with Crippen molar-refractivity contribution in [1.29, 1.82) is 0 Å². The van der Waals surface area contributed by atoms with Crippen LogP contribution in [0.3, 0.4) is 0 Å². The molecule has 3 aliphatic rings. The number of nitrogens with zero attached hydrogens (tertiary/aromatic N) is 2. The van der Waals surface area contributed by atoms with E-state index in [1.165, 1.54) is 24.6 Å². The fourth-order valence-corrected chi connectivity index (χ4v) is 4.47. The maximum Gasteiger partial charge on any atom is 0.331 e. The summed E-state index contributed by atoms with van der Waals surface area (Å²) in [6.07, 6.45) is 5.43. The van der Waals surface area contributed by atoms with Crippen molar-refractivity contribution in [2.75, 3.05) is 7.11 Å². The second kappa shape index (κ2) is 6.55. The molecule has 2 aliphatic carbocycles. The van der Waals surface area contributed by atoms with E-state index in [1.807, 2.05) is 6.07 Å². The van der Waals surface area contributed by atoms with Crippen LogP contribution in [-0.4, -0.2) is 42.1 Å². The molecular formula is C19H21N3O4. The van der Waals surface area contributed by atoms with E-state index in [0.717, 1.165) is 19.3 Å². The van der Waals surface area contributed by atoms with Gasteiger partial charge in [-0.25, -0.2) is 4.79 Å². The first-order valence-electron chi connectivity index (χ1n) is 8.93. The Labute approximate surface area is 151 Å². The molecular weight excluding hydrogens is 334 g/mol. The van der Waals surface area contributed by atoms with Crippen LogP contribution >= 0.6 is 0 Å². The molecule has 0 unspecified atom stereocenters. The van der Waals surface area contributed by atoms with E-state index in [1.54, 1.807) is 18.2 Å². The second-order valence-corrected chi connectivity index (χ2v) is 7.17. The third kappa shape index (κ3) is 2.77. The van der Waals surface area contributed by atoms with Gasteiger partial charge in [-0.1, -0.05) is 18.6 Å². The Morgan fingerprint density at radius 3 is 2.69 bits per heavy atom. The highest BCUT2D eigenvalue weighted by atomic mass is 16.5. The van der Waals surface area contributed by atoms with E-state index in [2.05, 4.69) is 10.3 Å². The molecule has 2 bridgehead atoms. The molecule has 26 heavy (non-hydrogen) atoms. The summed E-state index contributed by atoms with van der Waals surface area (Å²) in [5.74, 6) is -0.711. The van der Waals surface area contributed by atoms with Crippen molar-refractivity contribution in [1.82, 2.24) is 10.2 Å². The zero-order chi connectivity index (χ0) is 18.3. The number of amides is 4. The summed E-state index contributed by atoms with van der Waals surface area (Å²) in [5.41, 5.74) is 0.527. The van der Waals surface area contributed by atoms with Gasteiger partial charge in [0.2, 0.25) is 11.8 Å². The molecule has 136 valence electrons. The number of carbonyl (C=O) groups excluding carboxylic acids is 3. The average Bonchev–Trinajstić information content (AvgIpc) is 3.25. The Kier molecular flexibility index (Phi) is 4.22. The summed E-state index contributed by atoms with van der Waals surface area (Å²) in [6, 6.07) is 6.39. The molecule has 1 heterocycles. The molecule has 0 aromatic heterocycles. The fraction of sp³-hybridized carbons (Fsp3) is 0.474. The molecule has 7 nitrogen and oxygen atoms in total. The number of hydrogen-bond donors (Lipinski definition) is 1. The maximum atomic E-state index is 12.9. The summed E-state index contributed by atoms with van der Waals surface area (Å²) in [6.45, 7) is 0. The van der Waals surface area contributed by atoms with E-state index in [4.69, 9.17) is 4.74 Å². The average molecular weight is 355 g/mol. The summed E-state index contributed by atoms with van der Waals surface area (Å²) in [7, 11) is 1.53. The van der Waals surface area contributed by atoms with Gasteiger partial charge in [-0.2, -0.15) is 0 Å². The van der Waals surface area contributed by atoms with Gasteiger partial charge in [-0.3, -0.25) is 24.8 Å². The molecule has 0 radical (unpaired) electrons. The van der Waals surface area contributed by atoms with E-state index in [-0.39, 0.29) is 6.04 Å². The first-order valence-corrected chi connectivity index (χ1v) is 8.93. The summed E-state index contributed by atoms with van der Waals surface area (Å²) in [4.78, 5) is 43.0. The minimum Gasteiger partial charge on any atom is -0.494 e. The zero-order valence-electron chi connectivity index (χ0n) is 14.6. The van der Waals surface area contributed by atoms with Crippen molar-refractivity contribution >= 4 is 29.7 Å². The van der Waals surface area contributed by atoms with Gasteiger partial charge in [-0.15, -0.1) is 0 Å². The topological polar surface area (TPSA) is 88.1 Å². The molecule has 1 aromatic carbocycles. The summed E-state index contributed by atoms with van der Waals surface area (Å²) >= 11 is 0. The molecule has 7 heteroatoms. The SMILES string of the molecule is COc1ccccc1N=C[C@@H]1C(=O)NC(=O)N([C@H]2C[C@H]3CC[C@H]2C3)C1=O. The normalized spacial score (nSPS) is 31.0. The van der Waals surface area contributed by atoms with Gasteiger partial charge in [0.1, 0.15) is 11.4 Å². The highest BCUT2D eigenvalue weighted by Gasteiger charge is 2.50. The lowest BCUT2D eigenvalue weighted by atomic mass is 9.92. The van der Waals surface area contributed by atoms with Crippen LogP contribution in [0.5, 0.6) is 5.75 Å². The molecule has 1 aromatic rings. The number of hydrogen-bond acceptors (Lipinski definition) is 5. The largest absolute Gasteiger partial charge is 0.494 e. The maximum absolute atomic E-state index is 12.9. The Hall–Kier alpha value is -2.70. The number of carbonyl (C=O) groups is 3. The Bertz CT molecular complexity index is 791. The first kappa shape index (κ1) is 16.8. The highest BCUT2D eigenvalue weighted by Crippen LogP contribution is 2.47. The number of para-hydroxylation sites is 2. The number of urea groups is 1. The highest BCUT2D eigenvalue weighted by molar-refractivity contribution is 6.23. The van der Waals surface area contributed by atoms with E-state index in [9.17, 15) is 14.4 Å². The van der Waals surface area contributed by atoms with Gasteiger partial charge < -0.3 is 4.74 Å². The number of aliphatic imine (C=N–C) groups is 1. The lowest BCUT2D eigenvalue weighted by molar-refractivity contribution is -0.141. The van der Waals surface area contributed by atoms with Gasteiger partial charge >= 0.3 is 6.03 Å². The van der Waals surface area contributed by atoms with Crippen LogP contribution in [0.15, 0.2) is 29.3 Å². The fourth-order valence-electron chi connectivity index (χ4n) is 4.47. The third-order valence-corrected chi connectivity index (χ3v) is 5.72. The number of imide groups is 2. The molecule has 0 spiro atoms. The zero-order valence-corrected chi connectivity index (χ0v) is 14.6. The third-order valence-electron chi connectivity index (χ3n) is 5.72. The van der Waals surface area contributed by atoms with E-state index < -0.39 is 23.8 Å². The molecule has 1 saturated heterocycles. The Morgan fingerprint density at radius 2 is 2.00 bits per heavy atom. The van der Waals surface area contributed by atoms with E-state index in [0.29, 0.717) is 23.3 Å². The lowest BCUT2D eigenvalue weighted by Crippen LogP contribution is -2.62. The monoisotopic (exact) mass is 355 g/mol. The Balaban J connectivity index is 1.57. The van der Waals surface area contributed by atoms with Gasteiger partial charge in [0.05, 0.1) is 7.11 Å². The minimum atomic E-state index is -1.10. The number of benzene rings is 1. The molecule has 1 aliphatic heterocycles. The Morgan fingerprint density at radius 1 is 1.19 bits per heavy atom. The van der Waals surface area contributed by atoms with Crippen molar-refractivity contribution in [3.63, 3.8) is 0 Å². The molecule has 3 fully saturated rings. The van der Waals surface area contributed by atoms with Gasteiger partial charge in [0.25, 0.3) is 0 Å². The predicted octanol–water partition coefficient (Wildman–Crippen LogP) is 2.28. The molecule has 4 rings (SSSR count). The van der Waals surface area contributed by atoms with Crippen molar-refractivity contribution in [3.8, 4) is 5.75 Å². The molecule has 2 saturated carbocycles. The predicted molar refractivity (Wildman–Crippen MR) is 94.3 cm³/mol. The van der Waals surface area contributed by atoms with Crippen molar-refractivity contribution in [2.24, 2.45) is 22.7 Å². The number of fused-ring (bicyclic) bond motifs is 2. The first-order chi connectivity index (χ1) is 12.6. The number of barbiturate groups is 1. The summed E-state index contributed by atoms with van der Waals surface area (Å²) < 4.78 is 5.23. The van der Waals surface area contributed by atoms with Crippen LogP contribution in [0.1, 0.15) is 25.7 Å². The van der Waals surface area contributed by atoms with Crippen molar-refractivity contribution in [3.05, 3.63) is 24.3 Å². The number of rotatable bonds is 4. The smallest absolute Gasteiger partial charge is 0.331 e. The van der Waals surface area contributed by atoms with Gasteiger partial charge in [-0.05, 0) is 43.2 Å². The van der Waals surface area contributed by atoms with Crippen molar-refractivity contribution in [2.45, 2.75) is 31.7 Å². The van der Waals surface area contributed by atoms with Crippen LogP contribution in [0.2, 0.25) is 0 Å². The number of methoxy groups -OCH3 is 1. The quantitative estimate of drug-likeness (QED) is 0.663. The van der Waals surface area contributed by atoms with Crippen LogP contribution in [0.25, 0.3) is 0 Å². The van der Waals surface area contributed by atoms with Crippen LogP contribution < -0.4 is 10.1 Å². The molecule has 1 N–H and O–H groups in total. The molecule has 4 amide bonds. The lowest BCUT2D eigenvalue weighted by Gasteiger charge is -2.36. The van der Waals surface area contributed by atoms with Crippen LogP contribution in [-0.2, 0) is 9.59 Å². The van der Waals surface area contributed by atoms with Gasteiger partial charge in [0.15, 0.2) is 5.92 Å². The van der Waals surface area contributed by atoms with Crippen molar-refractivity contribution < 1.29 is 19.1 Å². The standard InChI is InChI=1S/C19H21N3O4/c1-26-16-5-3-2-4-14(16)20-10-13-17(23)21-19(25)22(18(13)24)15-9-11-6-7-12(15)8-11/h2-5,10-13,15H,6-9H2,1H3,(H,21,23,25)/t11-,12-,13+,15-/m0/s1. The van der Waals surface area contributed by atoms with Crippen LogP contribution in [0, 0.1) is 17.8 Å². The van der Waals surface area contributed by atoms with E-state index >= 15 is 0 Å². The minimum absolute atomic E-state index is 0.100. The summed E-state index contributed by atoms with van der Waals surface area (Å²) in [5, 5.41) is 2.32. The van der Waals surface area contributed by atoms with Crippen LogP contribution in [0.4, 0.5) is 10.5 Å². The molecule has 4 atom stereocenters. The number of ether oxygens (including phenoxy) is 1. The second-order valence-electron chi connectivity index (χ2n) is 7.17. The number of nitrogens with one attached hydrogen (secondary N) is 1.